The van der Waals surface area contributed by atoms with Crippen LogP contribution in [0.3, 0.4) is 0 Å². The number of fused-ring (bicyclic) bond motifs is 1. The van der Waals surface area contributed by atoms with Crippen LogP contribution in [0.5, 0.6) is 5.75 Å². The maximum absolute atomic E-state index is 6.21. The van der Waals surface area contributed by atoms with E-state index in [9.17, 15) is 0 Å². The third kappa shape index (κ3) is 6.19. The number of anilines is 4. The van der Waals surface area contributed by atoms with Crippen molar-refractivity contribution in [3.05, 3.63) is 89.6 Å². The van der Waals surface area contributed by atoms with Gasteiger partial charge in [-0.3, -0.25) is 0 Å². The van der Waals surface area contributed by atoms with E-state index in [1.54, 1.807) is 6.33 Å². The molecule has 0 spiro atoms. The first-order chi connectivity index (χ1) is 18.6. The molecule has 3 aromatic carbocycles. The van der Waals surface area contributed by atoms with Gasteiger partial charge in [-0.25, -0.2) is 0 Å². The van der Waals surface area contributed by atoms with E-state index in [2.05, 4.69) is 57.6 Å². The van der Waals surface area contributed by atoms with Gasteiger partial charge in [0.15, 0.2) is 0 Å². The van der Waals surface area contributed by atoms with E-state index in [-0.39, 0.29) is 0 Å². The van der Waals surface area contributed by atoms with Crippen molar-refractivity contribution in [1.29, 1.82) is 0 Å². The first-order valence-corrected chi connectivity index (χ1v) is 13.4. The summed E-state index contributed by atoms with van der Waals surface area (Å²) >= 11 is 1.84. The van der Waals surface area contributed by atoms with Crippen molar-refractivity contribution < 1.29 is 4.74 Å². The van der Waals surface area contributed by atoms with Crippen molar-refractivity contribution in [3.63, 3.8) is 0 Å². The zero-order valence-electron chi connectivity index (χ0n) is 21.0. The van der Waals surface area contributed by atoms with E-state index in [1.165, 1.54) is 5.56 Å². The molecule has 1 aromatic heterocycles. The molecule has 2 heterocycles. The number of nitrogens with zero attached hydrogens (tertiary/aromatic N) is 2. The number of hydrogen-bond donors (Lipinski definition) is 3. The molecular weight excluding hydrogens is 489 g/mol. The van der Waals surface area contributed by atoms with Crippen LogP contribution in [0.4, 0.5) is 22.9 Å². The van der Waals surface area contributed by atoms with Gasteiger partial charge in [-0.05, 0) is 6.07 Å². The van der Waals surface area contributed by atoms with E-state index >= 15 is 0 Å². The quantitative estimate of drug-likeness (QED) is 0.104. The van der Waals surface area contributed by atoms with Gasteiger partial charge in [0.2, 0.25) is 0 Å². The van der Waals surface area contributed by atoms with Crippen LogP contribution in [-0.4, -0.2) is 29.6 Å². The molecule has 1 unspecified atom stereocenters. The van der Waals surface area contributed by atoms with Crippen molar-refractivity contribution in [3.8, 4) is 18.1 Å². The molecule has 1 aliphatic rings. The van der Waals surface area contributed by atoms with E-state index in [4.69, 9.17) is 16.9 Å². The second-order valence-electron chi connectivity index (χ2n) is 9.01. The Morgan fingerprint density at radius 2 is 2.08 bits per heavy atom. The SMILES string of the molecule is B=C(CCCOc1ccc2ncnc(Nc3cccc(C#C)c3)c2c1)Nc1cc(C2CC=CS2)ccc1N. The third-order valence-corrected chi connectivity index (χ3v) is 7.38. The molecule has 188 valence electrons. The molecule has 0 saturated carbocycles. The molecule has 0 saturated heterocycles. The van der Waals surface area contributed by atoms with Gasteiger partial charge in [-0.2, -0.15) is 0 Å². The van der Waals surface area contributed by atoms with Crippen molar-refractivity contribution >= 4 is 58.6 Å². The summed E-state index contributed by atoms with van der Waals surface area (Å²) in [5, 5.41) is 10.2. The minimum absolute atomic E-state index is 0.453. The number of thioether (sulfide) groups is 1. The molecule has 0 amide bonds. The molecule has 0 fully saturated rings. The number of rotatable bonds is 10. The fourth-order valence-corrected chi connectivity index (χ4v) is 5.20. The Morgan fingerprint density at radius 3 is 2.92 bits per heavy atom. The van der Waals surface area contributed by atoms with Crippen LogP contribution < -0.4 is 21.1 Å². The van der Waals surface area contributed by atoms with Crippen molar-refractivity contribution in [2.45, 2.75) is 24.5 Å². The minimum atomic E-state index is 0.453. The summed E-state index contributed by atoms with van der Waals surface area (Å²) in [4.78, 5) is 8.81. The monoisotopic (exact) mass is 517 g/mol. The number of allylic oxidation sites excluding steroid dienone is 1. The summed E-state index contributed by atoms with van der Waals surface area (Å²) in [7, 11) is 4.19. The predicted molar refractivity (Wildman–Crippen MR) is 163 cm³/mol. The van der Waals surface area contributed by atoms with E-state index in [0.29, 0.717) is 17.7 Å². The van der Waals surface area contributed by atoms with E-state index in [1.807, 2.05) is 60.3 Å². The van der Waals surface area contributed by atoms with Crippen molar-refractivity contribution in [2.75, 3.05) is 23.0 Å². The molecular formula is C30H28BN5OS. The number of nitrogen functional groups attached to an aromatic ring is 1. The van der Waals surface area contributed by atoms with E-state index < -0.39 is 0 Å². The molecule has 6 nitrogen and oxygen atoms in total. The van der Waals surface area contributed by atoms with Gasteiger partial charge in [-0.15, -0.1) is 6.42 Å². The van der Waals surface area contributed by atoms with Crippen LogP contribution in [0.2, 0.25) is 0 Å². The first-order valence-electron chi connectivity index (χ1n) is 12.4. The average Bonchev–Trinajstić information content (AvgIpc) is 3.48. The predicted octanol–water partition coefficient (Wildman–Crippen LogP) is 5.93. The molecule has 1 atom stereocenters. The topological polar surface area (TPSA) is 85.1 Å². The number of aromatic nitrogens is 2. The summed E-state index contributed by atoms with van der Waals surface area (Å²) < 4.78 is 6.05. The van der Waals surface area contributed by atoms with Crippen molar-refractivity contribution in [2.24, 2.45) is 0 Å². The van der Waals surface area contributed by atoms with Gasteiger partial charge in [0.25, 0.3) is 0 Å². The van der Waals surface area contributed by atoms with Crippen LogP contribution in [0.1, 0.15) is 35.6 Å². The second-order valence-corrected chi connectivity index (χ2v) is 10.1. The average molecular weight is 517 g/mol. The summed E-state index contributed by atoms with van der Waals surface area (Å²) in [5.41, 5.74) is 12.5. The fourth-order valence-electron chi connectivity index (χ4n) is 4.26. The van der Waals surface area contributed by atoms with Crippen LogP contribution >= 0.6 is 11.8 Å². The van der Waals surface area contributed by atoms with Gasteiger partial charge in [0.1, 0.15) is 0 Å². The maximum atomic E-state index is 6.21. The standard InChI is InChI=1S/C30H28BN5OS/c1-2-20-6-3-7-22(16-20)35-30-24-18-23(11-13-26(24)33-19-34-30)37-14-4-9-29(31)36-27-17-21(10-12-25(27)32)28-8-5-15-38-28/h1,3,5-7,10-13,15-19,28,31,36H,4,8-9,14,32H2,(H,33,34,35). The van der Waals surface area contributed by atoms with Gasteiger partial charge in [0, 0.05) is 5.56 Å². The van der Waals surface area contributed by atoms with Crippen LogP contribution in [-0.2, 0) is 0 Å². The number of ether oxygens (including phenoxy) is 1. The van der Waals surface area contributed by atoms with E-state index in [0.717, 1.165) is 64.1 Å². The Bertz CT molecular complexity index is 1540. The Balaban J connectivity index is 1.17. The number of nitrogens with two attached hydrogens (primary N) is 1. The van der Waals surface area contributed by atoms with Gasteiger partial charge in [0.05, 0.1) is 0 Å². The zero-order chi connectivity index (χ0) is 26.3. The zero-order valence-corrected chi connectivity index (χ0v) is 21.8. The normalized spacial score (nSPS) is 14.2. The van der Waals surface area contributed by atoms with Crippen LogP contribution in [0.25, 0.3) is 10.9 Å². The number of nitrogens with one attached hydrogen (secondary N) is 2. The molecule has 0 radical (unpaired) electrons. The summed E-state index contributed by atoms with van der Waals surface area (Å²) in [6.07, 6.45) is 11.9. The summed E-state index contributed by atoms with van der Waals surface area (Å²) in [6.45, 7) is 0.548. The van der Waals surface area contributed by atoms with Crippen LogP contribution in [0, 0.1) is 12.3 Å². The summed E-state index contributed by atoms with van der Waals surface area (Å²) in [5.74, 6) is 4.10. The fraction of sp³-hybridized carbons (Fsp3) is 0.167. The number of benzene rings is 3. The van der Waals surface area contributed by atoms with Gasteiger partial charge >= 0.3 is 198 Å². The molecule has 1 aliphatic heterocycles. The molecule has 0 bridgehead atoms. The number of terminal acetylenes is 1. The Morgan fingerprint density at radius 1 is 1.16 bits per heavy atom. The van der Waals surface area contributed by atoms with Crippen LogP contribution in [0.15, 0.2) is 78.5 Å². The Hall–Kier alpha value is -4.22. The van der Waals surface area contributed by atoms with Gasteiger partial charge in [-0.1, -0.05) is 12.0 Å². The second kappa shape index (κ2) is 11.9. The number of hydrogen-bond acceptors (Lipinski definition) is 7. The summed E-state index contributed by atoms with van der Waals surface area (Å²) in [6, 6.07) is 19.7. The molecule has 5 rings (SSSR count). The third-order valence-electron chi connectivity index (χ3n) is 6.24. The molecule has 8 heteroatoms. The Kier molecular flexibility index (Phi) is 7.96. The van der Waals surface area contributed by atoms with Crippen molar-refractivity contribution in [1.82, 2.24) is 9.97 Å². The van der Waals surface area contributed by atoms with Gasteiger partial charge < -0.3 is 0 Å². The molecule has 4 aromatic rings. The molecule has 4 N–H and O–H groups in total. The molecule has 38 heavy (non-hydrogen) atoms. The molecule has 0 aliphatic carbocycles. The first kappa shape index (κ1) is 25.4. The Labute approximate surface area is 228 Å².